The second-order valence-corrected chi connectivity index (χ2v) is 5.07. The van der Waals surface area contributed by atoms with Gasteiger partial charge in [-0.15, -0.1) is 6.58 Å². The summed E-state index contributed by atoms with van der Waals surface area (Å²) >= 11 is 9.69. The third-order valence-electron chi connectivity index (χ3n) is 2.65. The van der Waals surface area contributed by atoms with E-state index in [0.29, 0.717) is 0 Å². The van der Waals surface area contributed by atoms with E-state index in [-0.39, 0.29) is 5.41 Å². The number of rotatable bonds is 4. The molecule has 4 heteroatoms. The van der Waals surface area contributed by atoms with Crippen LogP contribution in [0.15, 0.2) is 12.7 Å². The predicted molar refractivity (Wildman–Crippen MR) is 68.8 cm³/mol. The number of aryl methyl sites for hydroxylation is 2. The minimum atomic E-state index is 0.0252. The van der Waals surface area contributed by atoms with Gasteiger partial charge in [0.05, 0.1) is 5.69 Å². The lowest BCUT2D eigenvalue weighted by atomic mass is 9.86. The minimum absolute atomic E-state index is 0.0252. The van der Waals surface area contributed by atoms with Crippen LogP contribution in [0.25, 0.3) is 0 Å². The van der Waals surface area contributed by atoms with Crippen molar-refractivity contribution in [2.24, 2.45) is 12.5 Å². The van der Waals surface area contributed by atoms with E-state index in [1.807, 2.05) is 20.0 Å². The number of halogens is 2. The smallest absolute Gasteiger partial charge is 0.130 e. The molecule has 1 aromatic heterocycles. The number of hydrogen-bond donors (Lipinski definition) is 0. The molecule has 0 aliphatic rings. The molecule has 1 rings (SSSR count). The lowest BCUT2D eigenvalue weighted by molar-refractivity contribution is 0.492. The highest BCUT2D eigenvalue weighted by molar-refractivity contribution is 9.09. The van der Waals surface area contributed by atoms with Gasteiger partial charge in [-0.25, -0.2) is 0 Å². The number of alkyl halides is 1. The maximum Gasteiger partial charge on any atom is 0.130 e. The standard InChI is InChI=1S/C11H16BrClN2/c1-5-11(3,7-12)6-9-8(2)14-15(4)10(9)13/h5H,1,6-7H2,2-4H3. The first-order valence-electron chi connectivity index (χ1n) is 4.81. The maximum absolute atomic E-state index is 6.18. The highest BCUT2D eigenvalue weighted by Gasteiger charge is 2.23. The summed E-state index contributed by atoms with van der Waals surface area (Å²) in [5.74, 6) is 0. The van der Waals surface area contributed by atoms with Gasteiger partial charge >= 0.3 is 0 Å². The van der Waals surface area contributed by atoms with Crippen LogP contribution >= 0.6 is 27.5 Å². The quantitative estimate of drug-likeness (QED) is 0.613. The summed E-state index contributed by atoms with van der Waals surface area (Å²) in [7, 11) is 1.86. The van der Waals surface area contributed by atoms with Gasteiger partial charge in [-0.05, 0) is 18.8 Å². The van der Waals surface area contributed by atoms with Crippen LogP contribution in [-0.2, 0) is 13.5 Å². The number of nitrogens with zero attached hydrogens (tertiary/aromatic N) is 2. The molecule has 0 spiro atoms. The SMILES string of the molecule is C=CC(C)(CBr)Cc1c(C)nn(C)c1Cl. The van der Waals surface area contributed by atoms with Crippen molar-refractivity contribution in [1.29, 1.82) is 0 Å². The molecule has 15 heavy (non-hydrogen) atoms. The fraction of sp³-hybridized carbons (Fsp3) is 0.545. The number of allylic oxidation sites excluding steroid dienone is 1. The van der Waals surface area contributed by atoms with E-state index in [9.17, 15) is 0 Å². The molecule has 0 saturated carbocycles. The van der Waals surface area contributed by atoms with Crippen molar-refractivity contribution in [2.45, 2.75) is 20.3 Å². The normalized spacial score (nSPS) is 15.0. The third-order valence-corrected chi connectivity index (χ3v) is 4.40. The molecule has 0 aliphatic heterocycles. The monoisotopic (exact) mass is 290 g/mol. The number of aromatic nitrogens is 2. The summed E-state index contributed by atoms with van der Waals surface area (Å²) in [5.41, 5.74) is 2.13. The van der Waals surface area contributed by atoms with Gasteiger partial charge < -0.3 is 0 Å². The molecule has 0 fully saturated rings. The van der Waals surface area contributed by atoms with Crippen molar-refractivity contribution >= 4 is 27.5 Å². The van der Waals surface area contributed by atoms with Gasteiger partial charge in [0, 0.05) is 17.9 Å². The molecule has 0 aliphatic carbocycles. The Hall–Kier alpha value is -0.280. The van der Waals surface area contributed by atoms with Crippen LogP contribution in [0.1, 0.15) is 18.2 Å². The fourth-order valence-electron chi connectivity index (χ4n) is 1.45. The van der Waals surface area contributed by atoms with Gasteiger partial charge in [-0.2, -0.15) is 5.10 Å². The first-order valence-corrected chi connectivity index (χ1v) is 6.31. The second kappa shape index (κ2) is 4.71. The Morgan fingerprint density at radius 2 is 2.27 bits per heavy atom. The Labute approximate surface area is 104 Å². The molecule has 0 N–H and O–H groups in total. The Balaban J connectivity index is 3.03. The molecule has 84 valence electrons. The maximum atomic E-state index is 6.18. The van der Waals surface area contributed by atoms with E-state index in [0.717, 1.165) is 28.2 Å². The fourth-order valence-corrected chi connectivity index (χ4v) is 2.12. The Bertz CT molecular complexity index is 373. The van der Waals surface area contributed by atoms with Crippen molar-refractivity contribution in [3.8, 4) is 0 Å². The summed E-state index contributed by atoms with van der Waals surface area (Å²) < 4.78 is 1.71. The van der Waals surface area contributed by atoms with Gasteiger partial charge in [-0.3, -0.25) is 4.68 Å². The van der Waals surface area contributed by atoms with E-state index < -0.39 is 0 Å². The van der Waals surface area contributed by atoms with Crippen LogP contribution in [0.4, 0.5) is 0 Å². The van der Waals surface area contributed by atoms with Crippen LogP contribution in [-0.4, -0.2) is 15.1 Å². The van der Waals surface area contributed by atoms with Crippen molar-refractivity contribution in [2.75, 3.05) is 5.33 Å². The van der Waals surface area contributed by atoms with Gasteiger partial charge in [0.15, 0.2) is 0 Å². The van der Waals surface area contributed by atoms with Gasteiger partial charge in [-0.1, -0.05) is 40.5 Å². The molecule has 2 nitrogen and oxygen atoms in total. The lowest BCUT2D eigenvalue weighted by Crippen LogP contribution is -2.18. The summed E-state index contributed by atoms with van der Waals surface area (Å²) in [6, 6.07) is 0. The van der Waals surface area contributed by atoms with Gasteiger partial charge in [0.2, 0.25) is 0 Å². The zero-order valence-electron chi connectivity index (χ0n) is 9.35. The average Bonchev–Trinajstić information content (AvgIpc) is 2.45. The zero-order chi connectivity index (χ0) is 11.6. The van der Waals surface area contributed by atoms with Crippen molar-refractivity contribution < 1.29 is 0 Å². The van der Waals surface area contributed by atoms with Gasteiger partial charge in [0.25, 0.3) is 0 Å². The van der Waals surface area contributed by atoms with Crippen molar-refractivity contribution in [3.05, 3.63) is 29.1 Å². The van der Waals surface area contributed by atoms with Crippen LogP contribution in [0, 0.1) is 12.3 Å². The number of hydrogen-bond acceptors (Lipinski definition) is 1. The molecule has 1 aromatic rings. The second-order valence-electron chi connectivity index (χ2n) is 4.15. The molecule has 0 aromatic carbocycles. The lowest BCUT2D eigenvalue weighted by Gasteiger charge is -2.22. The molecule has 1 heterocycles. The van der Waals surface area contributed by atoms with Crippen LogP contribution in [0.5, 0.6) is 0 Å². The summed E-state index contributed by atoms with van der Waals surface area (Å²) in [4.78, 5) is 0. The van der Waals surface area contributed by atoms with E-state index in [2.05, 4.69) is 34.5 Å². The summed E-state index contributed by atoms with van der Waals surface area (Å²) in [6.07, 6.45) is 2.82. The van der Waals surface area contributed by atoms with Gasteiger partial charge in [0.1, 0.15) is 5.15 Å². The molecule has 0 radical (unpaired) electrons. The van der Waals surface area contributed by atoms with Crippen molar-refractivity contribution in [3.63, 3.8) is 0 Å². The van der Waals surface area contributed by atoms with E-state index >= 15 is 0 Å². The topological polar surface area (TPSA) is 17.8 Å². The molecule has 0 saturated heterocycles. The van der Waals surface area contributed by atoms with Crippen molar-refractivity contribution in [1.82, 2.24) is 9.78 Å². The molecule has 0 bridgehead atoms. The molecule has 1 atom stereocenters. The summed E-state index contributed by atoms with van der Waals surface area (Å²) in [5, 5.41) is 5.89. The van der Waals surface area contributed by atoms with E-state index in [1.165, 1.54) is 0 Å². The average molecular weight is 292 g/mol. The molecule has 1 unspecified atom stereocenters. The van der Waals surface area contributed by atoms with Crippen LogP contribution < -0.4 is 0 Å². The highest BCUT2D eigenvalue weighted by Crippen LogP contribution is 2.30. The first kappa shape index (κ1) is 12.8. The predicted octanol–water partition coefficient (Wildman–Crippen LogP) is 3.51. The van der Waals surface area contributed by atoms with Crippen LogP contribution in [0.3, 0.4) is 0 Å². The first-order chi connectivity index (χ1) is 6.93. The molecular weight excluding hydrogens is 275 g/mol. The summed E-state index contributed by atoms with van der Waals surface area (Å²) in [6.45, 7) is 8.00. The highest BCUT2D eigenvalue weighted by atomic mass is 79.9. The Kier molecular flexibility index (Phi) is 4.01. The van der Waals surface area contributed by atoms with E-state index in [1.54, 1.807) is 4.68 Å². The Morgan fingerprint density at radius 1 is 1.67 bits per heavy atom. The van der Waals surface area contributed by atoms with Crippen LogP contribution in [0.2, 0.25) is 5.15 Å². The molecular formula is C11H16BrClN2. The zero-order valence-corrected chi connectivity index (χ0v) is 11.7. The van der Waals surface area contributed by atoms with E-state index in [4.69, 9.17) is 11.6 Å². The largest absolute Gasteiger partial charge is 0.257 e. The molecule has 0 amide bonds. The minimum Gasteiger partial charge on any atom is -0.257 e. The Morgan fingerprint density at radius 3 is 2.60 bits per heavy atom. The third kappa shape index (κ3) is 2.64.